The van der Waals surface area contributed by atoms with E-state index in [1.165, 1.54) is 25.0 Å². The van der Waals surface area contributed by atoms with E-state index in [2.05, 4.69) is 12.2 Å². The Bertz CT molecular complexity index is 215. The molecule has 1 amide bonds. The Balaban J connectivity index is 1.80. The smallest absolute Gasteiger partial charge is 0.223 e. The van der Waals surface area contributed by atoms with Crippen LogP contribution in [-0.4, -0.2) is 23.0 Å². The molecule has 2 atom stereocenters. The van der Waals surface area contributed by atoms with Crippen LogP contribution in [-0.2, 0) is 4.79 Å². The van der Waals surface area contributed by atoms with Crippen LogP contribution in [0.1, 0.15) is 39.0 Å². The van der Waals surface area contributed by atoms with Crippen molar-refractivity contribution in [3.63, 3.8) is 0 Å². The van der Waals surface area contributed by atoms with Crippen molar-refractivity contribution in [2.75, 3.05) is 5.75 Å². The van der Waals surface area contributed by atoms with E-state index in [9.17, 15) is 4.79 Å². The van der Waals surface area contributed by atoms with Gasteiger partial charge in [0.25, 0.3) is 0 Å². The van der Waals surface area contributed by atoms with Crippen LogP contribution in [0.25, 0.3) is 0 Å². The second-order valence-electron chi connectivity index (χ2n) is 4.31. The third kappa shape index (κ3) is 2.44. The van der Waals surface area contributed by atoms with Crippen LogP contribution in [0, 0.1) is 5.92 Å². The number of rotatable bonds is 4. The maximum Gasteiger partial charge on any atom is 0.223 e. The highest BCUT2D eigenvalue weighted by Gasteiger charge is 2.34. The lowest BCUT2D eigenvalue weighted by molar-refractivity contribution is -0.122. The van der Waals surface area contributed by atoms with Gasteiger partial charge in [0, 0.05) is 17.2 Å². The molecule has 0 spiro atoms. The van der Waals surface area contributed by atoms with Crippen molar-refractivity contribution in [1.82, 2.24) is 5.32 Å². The fourth-order valence-electron chi connectivity index (χ4n) is 2.15. The Morgan fingerprint density at radius 2 is 2.14 bits per heavy atom. The van der Waals surface area contributed by atoms with Crippen molar-refractivity contribution >= 4 is 17.7 Å². The molecular weight excluding hydrogens is 194 g/mol. The number of carbonyl (C=O) groups excluding carboxylic acids is 1. The molecule has 2 saturated carbocycles. The van der Waals surface area contributed by atoms with E-state index in [1.807, 2.05) is 11.8 Å². The Hall–Kier alpha value is -0.180. The molecule has 0 saturated heterocycles. The summed E-state index contributed by atoms with van der Waals surface area (Å²) in [6.45, 7) is 2.20. The lowest BCUT2D eigenvalue weighted by Crippen LogP contribution is -2.39. The first-order valence-corrected chi connectivity index (χ1v) is 6.78. The standard InChI is InChI=1S/C11H19NOS/c1-2-14-10-5-3-4-9(10)12-11(13)8-6-7-8/h8-10H,2-7H2,1H3,(H,12,13). The second-order valence-corrected chi connectivity index (χ2v) is 5.83. The van der Waals surface area contributed by atoms with Crippen molar-refractivity contribution < 1.29 is 4.79 Å². The van der Waals surface area contributed by atoms with Crippen LogP contribution in [0.5, 0.6) is 0 Å². The molecule has 0 bridgehead atoms. The molecule has 0 aromatic carbocycles. The molecule has 0 radical (unpaired) electrons. The number of hydrogen-bond donors (Lipinski definition) is 1. The average molecular weight is 213 g/mol. The predicted octanol–water partition coefficient (Wildman–Crippen LogP) is 2.19. The Kier molecular flexibility index (Phi) is 3.37. The molecule has 3 heteroatoms. The quantitative estimate of drug-likeness (QED) is 0.775. The van der Waals surface area contributed by atoms with Crippen molar-refractivity contribution in [2.45, 2.75) is 50.3 Å². The summed E-state index contributed by atoms with van der Waals surface area (Å²) in [4.78, 5) is 11.6. The van der Waals surface area contributed by atoms with Gasteiger partial charge in [-0.15, -0.1) is 0 Å². The van der Waals surface area contributed by atoms with Crippen LogP contribution < -0.4 is 5.32 Å². The maximum absolute atomic E-state index is 11.6. The van der Waals surface area contributed by atoms with Gasteiger partial charge in [-0.1, -0.05) is 13.3 Å². The highest BCUT2D eigenvalue weighted by Crippen LogP contribution is 2.33. The zero-order chi connectivity index (χ0) is 9.97. The van der Waals surface area contributed by atoms with Crippen molar-refractivity contribution in [3.8, 4) is 0 Å². The Morgan fingerprint density at radius 1 is 1.36 bits per heavy atom. The Labute approximate surface area is 90.2 Å². The molecule has 0 aromatic heterocycles. The number of amides is 1. The largest absolute Gasteiger partial charge is 0.352 e. The van der Waals surface area contributed by atoms with Gasteiger partial charge in [0.1, 0.15) is 0 Å². The van der Waals surface area contributed by atoms with Gasteiger partial charge < -0.3 is 5.32 Å². The molecule has 14 heavy (non-hydrogen) atoms. The fourth-order valence-corrected chi connectivity index (χ4v) is 3.35. The first kappa shape index (κ1) is 10.3. The molecule has 2 aliphatic carbocycles. The number of hydrogen-bond acceptors (Lipinski definition) is 2. The number of carbonyl (C=O) groups is 1. The molecule has 2 unspecified atom stereocenters. The van der Waals surface area contributed by atoms with E-state index in [-0.39, 0.29) is 0 Å². The molecule has 0 aromatic rings. The van der Waals surface area contributed by atoms with E-state index >= 15 is 0 Å². The molecule has 80 valence electrons. The minimum absolute atomic E-state index is 0.318. The summed E-state index contributed by atoms with van der Waals surface area (Å²) in [5.41, 5.74) is 0. The lowest BCUT2D eigenvalue weighted by atomic mass is 10.2. The summed E-state index contributed by atoms with van der Waals surface area (Å²) in [7, 11) is 0. The van der Waals surface area contributed by atoms with Crippen molar-refractivity contribution in [1.29, 1.82) is 0 Å². The summed E-state index contributed by atoms with van der Waals surface area (Å²) >= 11 is 2.01. The van der Waals surface area contributed by atoms with Crippen LogP contribution in [0.15, 0.2) is 0 Å². The summed E-state index contributed by atoms with van der Waals surface area (Å²) in [6.07, 6.45) is 5.99. The molecule has 2 nitrogen and oxygen atoms in total. The molecule has 0 heterocycles. The maximum atomic E-state index is 11.6. The van der Waals surface area contributed by atoms with Gasteiger partial charge in [-0.25, -0.2) is 0 Å². The lowest BCUT2D eigenvalue weighted by Gasteiger charge is -2.19. The summed E-state index contributed by atoms with van der Waals surface area (Å²) < 4.78 is 0. The predicted molar refractivity (Wildman–Crippen MR) is 60.4 cm³/mol. The molecule has 2 fully saturated rings. The van der Waals surface area contributed by atoms with Crippen LogP contribution >= 0.6 is 11.8 Å². The van der Waals surface area contributed by atoms with Crippen LogP contribution in [0.2, 0.25) is 0 Å². The van der Waals surface area contributed by atoms with Gasteiger partial charge in [-0.05, 0) is 31.4 Å². The second kappa shape index (κ2) is 4.56. The van der Waals surface area contributed by atoms with E-state index in [0.717, 1.165) is 12.8 Å². The minimum Gasteiger partial charge on any atom is -0.352 e. The number of nitrogens with one attached hydrogen (secondary N) is 1. The zero-order valence-electron chi connectivity index (χ0n) is 8.79. The topological polar surface area (TPSA) is 29.1 Å². The monoisotopic (exact) mass is 213 g/mol. The van der Waals surface area contributed by atoms with Gasteiger partial charge in [-0.3, -0.25) is 4.79 Å². The van der Waals surface area contributed by atoms with Crippen LogP contribution in [0.4, 0.5) is 0 Å². The normalized spacial score (nSPS) is 31.8. The van der Waals surface area contributed by atoms with Gasteiger partial charge in [0.15, 0.2) is 0 Å². The first-order valence-electron chi connectivity index (χ1n) is 5.73. The number of thioether (sulfide) groups is 1. The van der Waals surface area contributed by atoms with E-state index < -0.39 is 0 Å². The molecule has 2 aliphatic rings. The SMILES string of the molecule is CCSC1CCCC1NC(=O)C1CC1. The summed E-state index contributed by atoms with van der Waals surface area (Å²) in [5, 5.41) is 3.90. The summed E-state index contributed by atoms with van der Waals surface area (Å²) in [5.74, 6) is 1.85. The summed E-state index contributed by atoms with van der Waals surface area (Å²) in [6, 6.07) is 0.466. The van der Waals surface area contributed by atoms with Gasteiger partial charge in [0.05, 0.1) is 0 Å². The third-order valence-electron chi connectivity index (χ3n) is 3.11. The fraction of sp³-hybridized carbons (Fsp3) is 0.909. The van der Waals surface area contributed by atoms with Crippen molar-refractivity contribution in [3.05, 3.63) is 0 Å². The van der Waals surface area contributed by atoms with E-state index in [1.54, 1.807) is 0 Å². The first-order chi connectivity index (χ1) is 6.81. The molecule has 1 N–H and O–H groups in total. The van der Waals surface area contributed by atoms with Crippen molar-refractivity contribution in [2.24, 2.45) is 5.92 Å². The van der Waals surface area contributed by atoms with E-state index in [4.69, 9.17) is 0 Å². The highest BCUT2D eigenvalue weighted by atomic mass is 32.2. The zero-order valence-corrected chi connectivity index (χ0v) is 9.61. The molecule has 2 rings (SSSR count). The van der Waals surface area contributed by atoms with Crippen LogP contribution in [0.3, 0.4) is 0 Å². The van der Waals surface area contributed by atoms with E-state index in [0.29, 0.717) is 23.1 Å². The molecule has 0 aliphatic heterocycles. The molecular formula is C11H19NOS. The highest BCUT2D eigenvalue weighted by molar-refractivity contribution is 7.99. The van der Waals surface area contributed by atoms with Gasteiger partial charge >= 0.3 is 0 Å². The Morgan fingerprint density at radius 3 is 2.79 bits per heavy atom. The van der Waals surface area contributed by atoms with Gasteiger partial charge in [0.2, 0.25) is 5.91 Å². The third-order valence-corrected chi connectivity index (χ3v) is 4.43. The van der Waals surface area contributed by atoms with Gasteiger partial charge in [-0.2, -0.15) is 11.8 Å². The average Bonchev–Trinajstić information content (AvgIpc) is 2.93. The minimum atomic E-state index is 0.318.